The summed E-state index contributed by atoms with van der Waals surface area (Å²) in [6, 6.07) is 7.84. The Morgan fingerprint density at radius 2 is 1.94 bits per heavy atom. The minimum Gasteiger partial charge on any atom is -0.320 e. The van der Waals surface area contributed by atoms with Crippen molar-refractivity contribution in [3.63, 3.8) is 0 Å². The number of carbonyl (C=O) groups is 1. The van der Waals surface area contributed by atoms with Gasteiger partial charge in [-0.2, -0.15) is 0 Å². The van der Waals surface area contributed by atoms with E-state index < -0.39 is 11.9 Å². The van der Waals surface area contributed by atoms with E-state index in [2.05, 4.69) is 5.29 Å². The largest absolute Gasteiger partial charge is 0.494 e. The Balaban J connectivity index is 2.81. The number of amides is 1. The number of nitrogens with two attached hydrogens (primary N) is 1. The van der Waals surface area contributed by atoms with Crippen molar-refractivity contribution >= 4 is 11.6 Å². The van der Waals surface area contributed by atoms with Crippen LogP contribution < -0.4 is 16.0 Å². The molecule has 0 aliphatic heterocycles. The van der Waals surface area contributed by atoms with E-state index in [1.165, 1.54) is 0 Å². The van der Waals surface area contributed by atoms with Gasteiger partial charge >= 0.3 is 11.2 Å². The summed E-state index contributed by atoms with van der Waals surface area (Å²) in [6.07, 6.45) is 0.525. The Morgan fingerprint density at radius 3 is 2.41 bits per heavy atom. The van der Waals surface area contributed by atoms with Crippen molar-refractivity contribution in [2.75, 3.05) is 5.01 Å². The molecule has 0 unspecified atom stereocenters. The van der Waals surface area contributed by atoms with Crippen LogP contribution in [0.3, 0.4) is 0 Å². The molecule has 1 aromatic rings. The third-order valence-corrected chi connectivity index (χ3v) is 2.33. The number of anilines is 1. The maximum atomic E-state index is 11.9. The fourth-order valence-corrected chi connectivity index (χ4v) is 1.55. The van der Waals surface area contributed by atoms with Crippen molar-refractivity contribution in [2.24, 2.45) is 11.7 Å². The number of nitrogens with zero attached hydrogens (tertiary/aromatic N) is 2. The maximum absolute atomic E-state index is 11.9. The lowest BCUT2D eigenvalue weighted by Gasteiger charge is -2.12. The second-order valence-electron chi connectivity index (χ2n) is 4.30. The lowest BCUT2D eigenvalue weighted by atomic mass is 10.0. The predicted molar refractivity (Wildman–Crippen MR) is 66.9 cm³/mol. The number of rotatable bonds is 5. The molecule has 0 bridgehead atoms. The molecular weight excluding hydrogens is 218 g/mol. The van der Waals surface area contributed by atoms with E-state index in [1.807, 2.05) is 13.8 Å². The average Bonchev–Trinajstić information content (AvgIpc) is 2.30. The molecule has 0 spiro atoms. The summed E-state index contributed by atoms with van der Waals surface area (Å²) >= 11 is 0. The van der Waals surface area contributed by atoms with E-state index in [0.29, 0.717) is 18.0 Å². The van der Waals surface area contributed by atoms with Crippen LogP contribution in [0.4, 0.5) is 5.69 Å². The Morgan fingerprint density at radius 1 is 1.35 bits per heavy atom. The van der Waals surface area contributed by atoms with Gasteiger partial charge in [-0.25, -0.2) is 0 Å². The van der Waals surface area contributed by atoms with Crippen molar-refractivity contribution in [3.05, 3.63) is 35.2 Å². The molecular formula is C12H17N3O2+. The van der Waals surface area contributed by atoms with Gasteiger partial charge in [-0.15, -0.1) is 0 Å². The summed E-state index contributed by atoms with van der Waals surface area (Å²) in [7, 11) is 0. The third-order valence-electron chi connectivity index (χ3n) is 2.33. The standard InChI is InChI=1S/C12H17N3O2/c1-9(2)8-11(13)12(16)15(14-17)10-6-4-3-5-7-10/h3-7,9,11H,8,13H2,1-2H3/q+1/t11-/m0/s1. The second kappa shape index (κ2) is 6.10. The molecule has 1 radical (unpaired) electrons. The normalized spacial score (nSPS) is 12.2. The van der Waals surface area contributed by atoms with Crippen LogP contribution >= 0.6 is 0 Å². The van der Waals surface area contributed by atoms with Gasteiger partial charge in [-0.05, 0) is 24.5 Å². The fourth-order valence-electron chi connectivity index (χ4n) is 1.55. The van der Waals surface area contributed by atoms with Crippen LogP contribution in [-0.4, -0.2) is 11.9 Å². The van der Waals surface area contributed by atoms with E-state index in [-0.39, 0.29) is 0 Å². The summed E-state index contributed by atoms with van der Waals surface area (Å²) in [6.45, 7) is 3.93. The van der Waals surface area contributed by atoms with Crippen molar-refractivity contribution in [3.8, 4) is 0 Å². The van der Waals surface area contributed by atoms with Crippen molar-refractivity contribution in [2.45, 2.75) is 26.3 Å². The summed E-state index contributed by atoms with van der Waals surface area (Å²) in [5.41, 5.74) is 6.18. The quantitative estimate of drug-likeness (QED) is 0.784. The van der Waals surface area contributed by atoms with Crippen LogP contribution in [0.1, 0.15) is 20.3 Å². The number of hydrogen-bond acceptors (Lipinski definition) is 4. The zero-order valence-corrected chi connectivity index (χ0v) is 10.0. The van der Waals surface area contributed by atoms with E-state index in [0.717, 1.165) is 5.01 Å². The van der Waals surface area contributed by atoms with Crippen molar-refractivity contribution in [1.29, 1.82) is 0 Å². The third kappa shape index (κ3) is 3.64. The highest BCUT2D eigenvalue weighted by Crippen LogP contribution is 2.13. The summed E-state index contributed by atoms with van der Waals surface area (Å²) < 4.78 is 0. The number of hydrogen-bond donors (Lipinski definition) is 1. The maximum Gasteiger partial charge on any atom is 0.494 e. The van der Waals surface area contributed by atoms with Crippen LogP contribution in [-0.2, 0) is 4.79 Å². The van der Waals surface area contributed by atoms with Gasteiger partial charge in [0.05, 0.1) is 6.04 Å². The van der Waals surface area contributed by atoms with Gasteiger partial charge in [-0.3, -0.25) is 4.79 Å². The first-order valence-corrected chi connectivity index (χ1v) is 5.54. The van der Waals surface area contributed by atoms with E-state index in [4.69, 9.17) is 5.73 Å². The Bertz CT molecular complexity index is 379. The molecule has 1 rings (SSSR count). The zero-order valence-electron chi connectivity index (χ0n) is 10.0. The van der Waals surface area contributed by atoms with Crippen molar-refractivity contribution in [1.82, 2.24) is 5.29 Å². The smallest absolute Gasteiger partial charge is 0.320 e. The SMILES string of the molecule is CC(C)C[C@H](N)C(=O)N([N+]=O)c1ccccc1. The summed E-state index contributed by atoms with van der Waals surface area (Å²) in [5.74, 6) is -0.182. The Hall–Kier alpha value is -1.75. The predicted octanol–water partition coefficient (Wildman–Crippen LogP) is 1.41. The molecule has 1 amide bonds. The van der Waals surface area contributed by atoms with Crippen LogP contribution in [0.5, 0.6) is 0 Å². The Labute approximate surface area is 101 Å². The molecule has 1 aromatic carbocycles. The Kier molecular flexibility index (Phi) is 4.78. The number of nitroso groups, excluding NO2 is 1. The molecule has 0 saturated carbocycles. The average molecular weight is 235 g/mol. The first kappa shape index (κ1) is 13.3. The molecule has 0 aromatic heterocycles. The highest BCUT2D eigenvalue weighted by Gasteiger charge is 2.32. The lowest BCUT2D eigenvalue weighted by Crippen LogP contribution is -2.45. The van der Waals surface area contributed by atoms with Crippen LogP contribution in [0.15, 0.2) is 30.3 Å². The van der Waals surface area contributed by atoms with Gasteiger partial charge in [0.1, 0.15) is 10.6 Å². The summed E-state index contributed by atoms with van der Waals surface area (Å²) in [5, 5.41) is 3.55. The lowest BCUT2D eigenvalue weighted by molar-refractivity contribution is -0.120. The monoisotopic (exact) mass is 235 g/mol. The van der Waals surface area contributed by atoms with Crippen LogP contribution in [0.2, 0.25) is 0 Å². The number of para-hydroxylation sites is 1. The van der Waals surface area contributed by atoms with E-state index >= 15 is 0 Å². The van der Waals surface area contributed by atoms with Gasteiger partial charge < -0.3 is 5.73 Å². The zero-order chi connectivity index (χ0) is 12.8. The van der Waals surface area contributed by atoms with E-state index in [9.17, 15) is 9.70 Å². The van der Waals surface area contributed by atoms with Gasteiger partial charge in [0.2, 0.25) is 0 Å². The first-order valence-electron chi connectivity index (χ1n) is 5.54. The highest BCUT2D eigenvalue weighted by molar-refractivity contribution is 5.95. The van der Waals surface area contributed by atoms with Gasteiger partial charge in [0.25, 0.3) is 0 Å². The number of benzene rings is 1. The van der Waals surface area contributed by atoms with Crippen LogP contribution in [0.25, 0.3) is 0 Å². The highest BCUT2D eigenvalue weighted by atomic mass is 16.3. The van der Waals surface area contributed by atoms with Gasteiger partial charge in [-0.1, -0.05) is 32.0 Å². The molecule has 0 aliphatic carbocycles. The minimum atomic E-state index is -0.701. The molecule has 0 saturated heterocycles. The molecule has 1 atom stereocenters. The first-order chi connectivity index (χ1) is 8.06. The van der Waals surface area contributed by atoms with Gasteiger partial charge in [0, 0.05) is 5.01 Å². The molecule has 0 fully saturated rings. The van der Waals surface area contributed by atoms with Gasteiger partial charge in [0.15, 0.2) is 0 Å². The molecule has 5 nitrogen and oxygen atoms in total. The second-order valence-corrected chi connectivity index (χ2v) is 4.30. The minimum absolute atomic E-state index is 0.290. The fraction of sp³-hybridized carbons (Fsp3) is 0.417. The van der Waals surface area contributed by atoms with Crippen LogP contribution in [0, 0.1) is 10.8 Å². The van der Waals surface area contributed by atoms with E-state index in [1.54, 1.807) is 30.3 Å². The van der Waals surface area contributed by atoms with Crippen molar-refractivity contribution < 1.29 is 4.79 Å². The molecule has 17 heavy (non-hydrogen) atoms. The summed E-state index contributed by atoms with van der Waals surface area (Å²) in [4.78, 5) is 22.7. The molecule has 5 heteroatoms. The number of carbonyl (C=O) groups excluding carboxylic acids is 1. The molecule has 0 heterocycles. The molecule has 0 aliphatic rings. The molecule has 2 N–H and O–H groups in total. The topological polar surface area (TPSA) is 77.5 Å². The molecule has 91 valence electrons.